The summed E-state index contributed by atoms with van der Waals surface area (Å²) in [7, 11) is 0. The van der Waals surface area contributed by atoms with Crippen LogP contribution in [-0.2, 0) is 13.0 Å². The SMILES string of the molecule is CC(N)Cc1cc(F)c(OCc2cncc(Br)c2)c(F)c1. The van der Waals surface area contributed by atoms with Crippen molar-refractivity contribution in [3.8, 4) is 5.75 Å². The lowest BCUT2D eigenvalue weighted by molar-refractivity contribution is 0.273. The number of pyridine rings is 1. The molecule has 0 aliphatic carbocycles. The van der Waals surface area contributed by atoms with Gasteiger partial charge in [0.2, 0.25) is 0 Å². The van der Waals surface area contributed by atoms with Gasteiger partial charge < -0.3 is 10.5 Å². The van der Waals surface area contributed by atoms with Crippen LogP contribution in [0.5, 0.6) is 5.75 Å². The second-order valence-corrected chi connectivity index (χ2v) is 5.79. The Morgan fingerprint density at radius 3 is 2.43 bits per heavy atom. The van der Waals surface area contributed by atoms with E-state index in [1.165, 1.54) is 12.1 Å². The number of aromatic nitrogens is 1. The Morgan fingerprint density at radius 1 is 1.19 bits per heavy atom. The highest BCUT2D eigenvalue weighted by molar-refractivity contribution is 9.10. The van der Waals surface area contributed by atoms with Crippen LogP contribution in [0.1, 0.15) is 18.1 Å². The first-order chi connectivity index (χ1) is 9.95. The minimum absolute atomic E-state index is 0.0346. The molecule has 0 fully saturated rings. The lowest BCUT2D eigenvalue weighted by Crippen LogP contribution is -2.18. The summed E-state index contributed by atoms with van der Waals surface area (Å²) < 4.78 is 33.8. The van der Waals surface area contributed by atoms with E-state index in [2.05, 4.69) is 20.9 Å². The number of rotatable bonds is 5. The Bertz CT molecular complexity index is 612. The van der Waals surface area contributed by atoms with Crippen LogP contribution in [0.3, 0.4) is 0 Å². The van der Waals surface area contributed by atoms with Gasteiger partial charge in [0.25, 0.3) is 0 Å². The summed E-state index contributed by atoms with van der Waals surface area (Å²) in [6, 6.07) is 4.11. The molecular weight excluding hydrogens is 342 g/mol. The van der Waals surface area contributed by atoms with Crippen LogP contribution in [-0.4, -0.2) is 11.0 Å². The molecule has 0 aliphatic rings. The maximum atomic E-state index is 13.9. The van der Waals surface area contributed by atoms with Crippen molar-refractivity contribution in [1.82, 2.24) is 4.98 Å². The molecule has 0 saturated heterocycles. The van der Waals surface area contributed by atoms with E-state index in [9.17, 15) is 8.78 Å². The van der Waals surface area contributed by atoms with E-state index in [0.717, 1.165) is 4.47 Å². The molecule has 21 heavy (non-hydrogen) atoms. The molecule has 0 spiro atoms. The molecular formula is C15H15BrF2N2O. The normalized spacial score (nSPS) is 12.2. The summed E-state index contributed by atoms with van der Waals surface area (Å²) in [5.74, 6) is -1.84. The molecule has 2 aromatic rings. The first-order valence-corrected chi connectivity index (χ1v) is 7.20. The van der Waals surface area contributed by atoms with Crippen molar-refractivity contribution in [2.45, 2.75) is 26.0 Å². The molecule has 0 radical (unpaired) electrons. The number of hydrogen-bond donors (Lipinski definition) is 1. The third-order valence-corrected chi connectivity index (χ3v) is 3.19. The molecule has 0 amide bonds. The second kappa shape index (κ2) is 6.95. The predicted molar refractivity (Wildman–Crippen MR) is 80.0 cm³/mol. The largest absolute Gasteiger partial charge is 0.483 e. The molecule has 2 rings (SSSR count). The van der Waals surface area contributed by atoms with Gasteiger partial charge in [-0.25, -0.2) is 8.78 Å². The molecule has 0 aliphatic heterocycles. The molecule has 0 bridgehead atoms. The van der Waals surface area contributed by atoms with Crippen molar-refractivity contribution in [3.05, 3.63) is 57.8 Å². The zero-order valence-electron chi connectivity index (χ0n) is 11.4. The number of benzene rings is 1. The average molecular weight is 357 g/mol. The maximum Gasteiger partial charge on any atom is 0.191 e. The summed E-state index contributed by atoms with van der Waals surface area (Å²) in [4.78, 5) is 3.96. The molecule has 112 valence electrons. The lowest BCUT2D eigenvalue weighted by atomic mass is 10.1. The fraction of sp³-hybridized carbons (Fsp3) is 0.267. The fourth-order valence-electron chi connectivity index (χ4n) is 1.93. The third kappa shape index (κ3) is 4.47. The van der Waals surface area contributed by atoms with Crippen LogP contribution in [0, 0.1) is 11.6 Å². The topological polar surface area (TPSA) is 48.1 Å². The summed E-state index contributed by atoms with van der Waals surface area (Å²) in [6.45, 7) is 1.81. The third-order valence-electron chi connectivity index (χ3n) is 2.76. The highest BCUT2D eigenvalue weighted by Crippen LogP contribution is 2.25. The van der Waals surface area contributed by atoms with Crippen molar-refractivity contribution in [2.75, 3.05) is 0 Å². The van der Waals surface area contributed by atoms with Gasteiger partial charge in [0.15, 0.2) is 17.4 Å². The van der Waals surface area contributed by atoms with Crippen LogP contribution in [0.4, 0.5) is 8.78 Å². The van der Waals surface area contributed by atoms with Gasteiger partial charge in [0.05, 0.1) is 0 Å². The number of hydrogen-bond acceptors (Lipinski definition) is 3. The fourth-order valence-corrected chi connectivity index (χ4v) is 2.34. The molecule has 1 aromatic heterocycles. The van der Waals surface area contributed by atoms with Gasteiger partial charge in [-0.2, -0.15) is 0 Å². The monoisotopic (exact) mass is 356 g/mol. The van der Waals surface area contributed by atoms with E-state index >= 15 is 0 Å². The first-order valence-electron chi connectivity index (χ1n) is 6.41. The summed E-state index contributed by atoms with van der Waals surface area (Å²) >= 11 is 3.27. The van der Waals surface area contributed by atoms with Gasteiger partial charge in [-0.15, -0.1) is 0 Å². The molecule has 6 heteroatoms. The number of nitrogens with two attached hydrogens (primary N) is 1. The van der Waals surface area contributed by atoms with Crippen molar-refractivity contribution in [2.24, 2.45) is 5.73 Å². The number of nitrogens with zero attached hydrogens (tertiary/aromatic N) is 1. The van der Waals surface area contributed by atoms with E-state index in [1.807, 2.05) is 0 Å². The zero-order valence-corrected chi connectivity index (χ0v) is 13.0. The first kappa shape index (κ1) is 15.9. The molecule has 1 heterocycles. The van der Waals surface area contributed by atoms with Crippen molar-refractivity contribution < 1.29 is 13.5 Å². The van der Waals surface area contributed by atoms with Gasteiger partial charge in [-0.05, 0) is 53.0 Å². The van der Waals surface area contributed by atoms with Crippen molar-refractivity contribution >= 4 is 15.9 Å². The number of halogens is 3. The van der Waals surface area contributed by atoms with Crippen LogP contribution in [0.15, 0.2) is 35.1 Å². The van der Waals surface area contributed by atoms with Gasteiger partial charge >= 0.3 is 0 Å². The maximum absolute atomic E-state index is 13.9. The molecule has 2 N–H and O–H groups in total. The summed E-state index contributed by atoms with van der Waals surface area (Å²) in [5.41, 5.74) is 6.85. The minimum atomic E-state index is -0.728. The Balaban J connectivity index is 2.13. The quantitative estimate of drug-likeness (QED) is 0.890. The Morgan fingerprint density at radius 2 is 1.86 bits per heavy atom. The second-order valence-electron chi connectivity index (χ2n) is 4.87. The standard InChI is InChI=1S/C15H15BrF2N2O/c1-9(19)2-10-4-13(17)15(14(18)5-10)21-8-11-3-12(16)7-20-6-11/h3-7,9H,2,8,19H2,1H3. The lowest BCUT2D eigenvalue weighted by Gasteiger charge is -2.11. The zero-order chi connectivity index (χ0) is 15.4. The van der Waals surface area contributed by atoms with Crippen LogP contribution >= 0.6 is 15.9 Å². The predicted octanol–water partition coefficient (Wildman–Crippen LogP) is 3.59. The van der Waals surface area contributed by atoms with Crippen molar-refractivity contribution in [3.63, 3.8) is 0 Å². The van der Waals surface area contributed by atoms with E-state index < -0.39 is 11.6 Å². The van der Waals surface area contributed by atoms with Crippen LogP contribution in [0.25, 0.3) is 0 Å². The van der Waals surface area contributed by atoms with E-state index in [4.69, 9.17) is 10.5 Å². The van der Waals surface area contributed by atoms with E-state index in [-0.39, 0.29) is 18.4 Å². The van der Waals surface area contributed by atoms with Gasteiger partial charge in [0, 0.05) is 28.5 Å². The van der Waals surface area contributed by atoms with Gasteiger partial charge in [-0.1, -0.05) is 0 Å². The Labute approximate surface area is 130 Å². The molecule has 3 nitrogen and oxygen atoms in total. The molecule has 1 aromatic carbocycles. The Hall–Kier alpha value is -1.53. The van der Waals surface area contributed by atoms with Crippen LogP contribution < -0.4 is 10.5 Å². The Kier molecular flexibility index (Phi) is 5.25. The average Bonchev–Trinajstić information content (AvgIpc) is 2.37. The van der Waals surface area contributed by atoms with E-state index in [1.54, 1.807) is 25.4 Å². The van der Waals surface area contributed by atoms with Crippen LogP contribution in [0.2, 0.25) is 0 Å². The highest BCUT2D eigenvalue weighted by atomic mass is 79.9. The van der Waals surface area contributed by atoms with Gasteiger partial charge in [-0.3, -0.25) is 4.98 Å². The highest BCUT2D eigenvalue weighted by Gasteiger charge is 2.13. The summed E-state index contributed by atoms with van der Waals surface area (Å²) in [6.07, 6.45) is 3.60. The van der Waals surface area contributed by atoms with E-state index in [0.29, 0.717) is 17.5 Å². The molecule has 0 saturated carbocycles. The number of ether oxygens (including phenoxy) is 1. The smallest absolute Gasteiger partial charge is 0.191 e. The van der Waals surface area contributed by atoms with Crippen molar-refractivity contribution in [1.29, 1.82) is 0 Å². The summed E-state index contributed by atoms with van der Waals surface area (Å²) in [5, 5.41) is 0. The molecule has 1 unspecified atom stereocenters. The molecule has 1 atom stereocenters. The minimum Gasteiger partial charge on any atom is -0.483 e. The van der Waals surface area contributed by atoms with Gasteiger partial charge in [0.1, 0.15) is 6.61 Å².